The van der Waals surface area contributed by atoms with Crippen molar-refractivity contribution in [3.63, 3.8) is 0 Å². The molecule has 51 heavy (non-hydrogen) atoms. The maximum absolute atomic E-state index is 14.2. The van der Waals surface area contributed by atoms with Gasteiger partial charge in [0.2, 0.25) is 5.91 Å². The lowest BCUT2D eigenvalue weighted by molar-refractivity contribution is -0.183. The minimum Gasteiger partial charge on any atom is -0.496 e. The van der Waals surface area contributed by atoms with Crippen molar-refractivity contribution in [1.29, 1.82) is 0 Å². The zero-order chi connectivity index (χ0) is 36.6. The predicted molar refractivity (Wildman–Crippen MR) is 195 cm³/mol. The Balaban J connectivity index is 1.26. The fourth-order valence-electron chi connectivity index (χ4n) is 8.82. The Bertz CT molecular complexity index is 1690. The van der Waals surface area contributed by atoms with E-state index in [-0.39, 0.29) is 36.4 Å². The van der Waals surface area contributed by atoms with Crippen LogP contribution in [0.15, 0.2) is 48.9 Å². The number of aliphatic hydroxyl groups is 2. The van der Waals surface area contributed by atoms with Gasteiger partial charge in [-0.25, -0.2) is 4.98 Å². The fraction of sp³-hybridized carbons (Fsp3) is 0.564. The highest BCUT2D eigenvalue weighted by molar-refractivity contribution is 5.97. The first-order valence-corrected chi connectivity index (χ1v) is 18.1. The van der Waals surface area contributed by atoms with Crippen molar-refractivity contribution in [2.45, 2.75) is 77.8 Å². The van der Waals surface area contributed by atoms with Gasteiger partial charge in [0.25, 0.3) is 5.91 Å². The maximum Gasteiger partial charge on any atom is 0.251 e. The Morgan fingerprint density at radius 2 is 2.00 bits per heavy atom. The number of ether oxygens (including phenoxy) is 1. The number of hydrogen-bond acceptors (Lipinski definition) is 9. The number of H-pyrrole nitrogens is 1. The molecule has 8 atom stereocenters. The molecule has 5 N–H and O–H groups in total. The SMILES string of the molecule is COc1c(CN2O[C@@H](CO)[C@@H]([C@H](C)O)[C@H]2C(=O)N[C@H]2C[C@H]3C[C@@H]([C@@H]2C)C3(C)C)cccc1-c1cc(C(=O)NCCc2cnc[nH]2)cc(N(C)C)c1. The smallest absolute Gasteiger partial charge is 0.251 e. The lowest BCUT2D eigenvalue weighted by atomic mass is 9.45. The standard InChI is InChI=1S/C39H54N6O6/c1-22-31-16-27(39(31,3)4)17-32(22)43-38(49)35-34(23(2)47)33(20-46)51-45(35)19-24-9-8-10-30(36(24)50-7)25-13-26(15-29(14-25)44(5)6)37(48)41-12-11-28-18-40-21-42-28/h8-10,13-15,18,21-23,27,31-35,46-47H,11-12,16-17,19-20H2,1-7H3,(H,40,42)(H,41,48)(H,43,49)/t22-,23-,27+,31-,32-,33-,34+,35-/m0/s1. The van der Waals surface area contributed by atoms with E-state index in [0.717, 1.165) is 34.5 Å². The number of anilines is 1. The monoisotopic (exact) mass is 702 g/mol. The summed E-state index contributed by atoms with van der Waals surface area (Å²) in [7, 11) is 5.45. The summed E-state index contributed by atoms with van der Waals surface area (Å²) in [6, 6.07) is 10.7. The van der Waals surface area contributed by atoms with Gasteiger partial charge in [0.05, 0.1) is 32.7 Å². The van der Waals surface area contributed by atoms with Crippen molar-refractivity contribution < 1.29 is 29.4 Å². The molecule has 3 aromatic rings. The minimum absolute atomic E-state index is 0.0395. The van der Waals surface area contributed by atoms with E-state index >= 15 is 0 Å². The van der Waals surface area contributed by atoms with Crippen LogP contribution >= 0.6 is 0 Å². The van der Waals surface area contributed by atoms with Crippen LogP contribution in [-0.4, -0.2) is 95.7 Å². The summed E-state index contributed by atoms with van der Waals surface area (Å²) in [6.45, 7) is 8.83. The topological polar surface area (TPSA) is 152 Å². The molecule has 2 heterocycles. The van der Waals surface area contributed by atoms with Gasteiger partial charge in [-0.15, -0.1) is 0 Å². The second-order valence-electron chi connectivity index (χ2n) is 15.5. The number of carbonyl (C=O) groups is 2. The van der Waals surface area contributed by atoms with E-state index in [2.05, 4.69) is 41.4 Å². The van der Waals surface area contributed by atoms with Crippen LogP contribution in [0.25, 0.3) is 11.1 Å². The summed E-state index contributed by atoms with van der Waals surface area (Å²) in [5, 5.41) is 29.2. The third-order valence-electron chi connectivity index (χ3n) is 11.9. The Kier molecular flexibility index (Phi) is 10.8. The van der Waals surface area contributed by atoms with E-state index in [4.69, 9.17) is 9.57 Å². The van der Waals surface area contributed by atoms with Gasteiger partial charge in [-0.05, 0) is 66.7 Å². The highest BCUT2D eigenvalue weighted by Crippen LogP contribution is 2.61. The quantitative estimate of drug-likeness (QED) is 0.179. The number of fused-ring (bicyclic) bond motifs is 2. The normalized spacial score (nSPS) is 27.4. The average Bonchev–Trinajstić information content (AvgIpc) is 3.76. The second-order valence-corrected chi connectivity index (χ2v) is 15.5. The summed E-state index contributed by atoms with van der Waals surface area (Å²) < 4.78 is 6.04. The van der Waals surface area contributed by atoms with Crippen molar-refractivity contribution in [3.8, 4) is 16.9 Å². The predicted octanol–water partition coefficient (Wildman–Crippen LogP) is 3.78. The van der Waals surface area contributed by atoms with Crippen LogP contribution in [-0.2, 0) is 22.6 Å². The number of nitrogens with one attached hydrogen (secondary N) is 3. The number of methoxy groups -OCH3 is 1. The van der Waals surface area contributed by atoms with Gasteiger partial charge in [-0.1, -0.05) is 39.0 Å². The average molecular weight is 703 g/mol. The highest BCUT2D eigenvalue weighted by atomic mass is 16.7. The Morgan fingerprint density at radius 1 is 1.22 bits per heavy atom. The molecule has 12 heteroatoms. The number of hydroxylamine groups is 2. The van der Waals surface area contributed by atoms with Gasteiger partial charge in [0, 0.05) is 73.3 Å². The van der Waals surface area contributed by atoms with Crippen molar-refractivity contribution in [2.24, 2.45) is 29.1 Å². The number of carbonyl (C=O) groups excluding carboxylic acids is 2. The van der Waals surface area contributed by atoms with Gasteiger partial charge >= 0.3 is 0 Å². The molecule has 1 aliphatic heterocycles. The van der Waals surface area contributed by atoms with Crippen LogP contribution in [0.4, 0.5) is 5.69 Å². The van der Waals surface area contributed by atoms with Crippen molar-refractivity contribution in [1.82, 2.24) is 25.7 Å². The van der Waals surface area contributed by atoms with E-state index in [1.165, 1.54) is 6.42 Å². The molecule has 4 aliphatic rings. The number of rotatable bonds is 13. The Hall–Kier alpha value is -3.97. The third-order valence-corrected chi connectivity index (χ3v) is 11.9. The molecule has 3 aliphatic carbocycles. The molecule has 7 rings (SSSR count). The van der Waals surface area contributed by atoms with E-state index in [0.29, 0.717) is 42.0 Å². The lowest BCUT2D eigenvalue weighted by Crippen LogP contribution is -2.62. The zero-order valence-corrected chi connectivity index (χ0v) is 30.8. The summed E-state index contributed by atoms with van der Waals surface area (Å²) in [4.78, 5) is 42.9. The van der Waals surface area contributed by atoms with Gasteiger partial charge in [0.1, 0.15) is 17.9 Å². The first kappa shape index (κ1) is 36.8. The summed E-state index contributed by atoms with van der Waals surface area (Å²) >= 11 is 0. The molecule has 276 valence electrons. The van der Waals surface area contributed by atoms with Gasteiger partial charge in [-0.2, -0.15) is 5.06 Å². The van der Waals surface area contributed by atoms with Gasteiger partial charge < -0.3 is 35.5 Å². The van der Waals surface area contributed by atoms with E-state index in [1.54, 1.807) is 31.6 Å². The number of amides is 2. The summed E-state index contributed by atoms with van der Waals surface area (Å²) in [6.07, 6.45) is 4.47. The van der Waals surface area contributed by atoms with Gasteiger partial charge in [0.15, 0.2) is 0 Å². The molecule has 0 unspecified atom stereocenters. The number of aromatic amines is 1. The van der Waals surface area contributed by atoms with E-state index < -0.39 is 24.2 Å². The largest absolute Gasteiger partial charge is 0.496 e. The van der Waals surface area contributed by atoms with Crippen LogP contribution in [0.5, 0.6) is 5.75 Å². The molecule has 0 radical (unpaired) electrons. The molecule has 2 aromatic carbocycles. The number of aromatic nitrogens is 2. The molecule has 2 bridgehead atoms. The molecule has 1 aromatic heterocycles. The first-order chi connectivity index (χ1) is 24.3. The third kappa shape index (κ3) is 7.24. The fourth-order valence-corrected chi connectivity index (χ4v) is 8.82. The molecule has 1 saturated heterocycles. The minimum atomic E-state index is -0.898. The van der Waals surface area contributed by atoms with Crippen LogP contribution < -0.4 is 20.3 Å². The van der Waals surface area contributed by atoms with Crippen LogP contribution in [0.3, 0.4) is 0 Å². The molecule has 3 saturated carbocycles. The number of imidazole rings is 1. The van der Waals surface area contributed by atoms with Crippen LogP contribution in [0.2, 0.25) is 0 Å². The first-order valence-electron chi connectivity index (χ1n) is 18.1. The number of hydrogen-bond donors (Lipinski definition) is 5. The Morgan fingerprint density at radius 3 is 2.63 bits per heavy atom. The summed E-state index contributed by atoms with van der Waals surface area (Å²) in [5.74, 6) is 1.00. The number of aliphatic hydroxyl groups excluding tert-OH is 2. The lowest BCUT2D eigenvalue weighted by Gasteiger charge is -2.62. The molecule has 0 spiro atoms. The van der Waals surface area contributed by atoms with Crippen molar-refractivity contribution >= 4 is 17.5 Å². The maximum atomic E-state index is 14.2. The number of benzene rings is 2. The highest BCUT2D eigenvalue weighted by Gasteiger charge is 2.57. The van der Waals surface area contributed by atoms with Gasteiger partial charge in [-0.3, -0.25) is 14.4 Å². The molecular formula is C39H54N6O6. The zero-order valence-electron chi connectivity index (χ0n) is 30.8. The number of para-hydroxylation sites is 1. The van der Waals surface area contributed by atoms with E-state index in [9.17, 15) is 19.8 Å². The van der Waals surface area contributed by atoms with Crippen LogP contribution in [0, 0.1) is 29.1 Å². The summed E-state index contributed by atoms with van der Waals surface area (Å²) in [5.41, 5.74) is 4.90. The van der Waals surface area contributed by atoms with Crippen molar-refractivity contribution in [3.05, 3.63) is 65.7 Å². The number of nitrogens with zero attached hydrogens (tertiary/aromatic N) is 3. The molecule has 12 nitrogen and oxygen atoms in total. The molecular weight excluding hydrogens is 648 g/mol. The van der Waals surface area contributed by atoms with Crippen LogP contribution in [0.1, 0.15) is 62.2 Å². The molecule has 4 fully saturated rings. The molecule has 2 amide bonds. The van der Waals surface area contributed by atoms with E-state index in [1.807, 2.05) is 55.4 Å². The van der Waals surface area contributed by atoms with Crippen molar-refractivity contribution in [2.75, 3.05) is 39.3 Å². The second kappa shape index (κ2) is 14.9. The Labute approximate surface area is 300 Å².